The molecule has 1 atom stereocenters. The van der Waals surface area contributed by atoms with Crippen LogP contribution in [0.15, 0.2) is 24.3 Å². The van der Waals surface area contributed by atoms with E-state index in [4.69, 9.17) is 0 Å². The first-order chi connectivity index (χ1) is 9.67. The summed E-state index contributed by atoms with van der Waals surface area (Å²) in [6.07, 6.45) is 2.76. The lowest BCUT2D eigenvalue weighted by Crippen LogP contribution is -2.22. The molecule has 1 rings (SSSR count). The van der Waals surface area contributed by atoms with E-state index in [1.54, 1.807) is 12.1 Å². The highest BCUT2D eigenvalue weighted by Gasteiger charge is 2.11. The molecule has 4 heteroatoms. The molecule has 1 unspecified atom stereocenters. The number of rotatable bonds is 8. The van der Waals surface area contributed by atoms with Crippen molar-refractivity contribution in [3.8, 4) is 17.6 Å². The highest BCUT2D eigenvalue weighted by molar-refractivity contribution is 5.29. The zero-order valence-corrected chi connectivity index (χ0v) is 12.0. The summed E-state index contributed by atoms with van der Waals surface area (Å²) in [6.45, 7) is 2.06. The fourth-order valence-electron chi connectivity index (χ4n) is 1.93. The highest BCUT2D eigenvalue weighted by Crippen LogP contribution is 2.22. The van der Waals surface area contributed by atoms with Gasteiger partial charge in [-0.2, -0.15) is 8.78 Å². The van der Waals surface area contributed by atoms with Gasteiger partial charge in [0.15, 0.2) is 0 Å². The van der Waals surface area contributed by atoms with Gasteiger partial charge in [0.2, 0.25) is 0 Å². The Hall–Kier alpha value is -1.60. The average Bonchev–Trinajstić information content (AvgIpc) is 2.43. The Labute approximate surface area is 119 Å². The van der Waals surface area contributed by atoms with Gasteiger partial charge in [0.25, 0.3) is 0 Å². The van der Waals surface area contributed by atoms with E-state index in [-0.39, 0.29) is 11.8 Å². The van der Waals surface area contributed by atoms with Crippen molar-refractivity contribution in [3.63, 3.8) is 0 Å². The molecule has 20 heavy (non-hydrogen) atoms. The van der Waals surface area contributed by atoms with Crippen LogP contribution in [0.25, 0.3) is 0 Å². The molecule has 0 saturated heterocycles. The molecule has 1 aromatic rings. The number of ether oxygens (including phenoxy) is 1. The van der Waals surface area contributed by atoms with Gasteiger partial charge in [0, 0.05) is 12.5 Å². The molecule has 0 fully saturated rings. The zero-order chi connectivity index (χ0) is 14.8. The highest BCUT2D eigenvalue weighted by atomic mass is 19.3. The first kappa shape index (κ1) is 16.5. The molecular formula is C16H21F2NO. The van der Waals surface area contributed by atoms with Crippen molar-refractivity contribution < 1.29 is 13.5 Å². The maximum atomic E-state index is 12.1. The molecule has 0 heterocycles. The lowest BCUT2D eigenvalue weighted by atomic mass is 10.0. The third kappa shape index (κ3) is 6.03. The standard InChI is InChI=1S/C16H21F2NO/c1-3-5-6-7-15(19-12-4-2)13-8-10-14(11-9-13)20-16(17)18/h8-11,15-16,19H,4,6-7,12H2,1-2H3. The molecular weight excluding hydrogens is 260 g/mol. The largest absolute Gasteiger partial charge is 0.435 e. The van der Waals surface area contributed by atoms with Gasteiger partial charge in [-0.1, -0.05) is 19.1 Å². The second-order valence-corrected chi connectivity index (χ2v) is 4.42. The Kier molecular flexibility index (Phi) is 7.67. The number of hydrogen-bond donors (Lipinski definition) is 1. The fourth-order valence-corrected chi connectivity index (χ4v) is 1.93. The minimum Gasteiger partial charge on any atom is -0.435 e. The van der Waals surface area contributed by atoms with Crippen LogP contribution in [0.5, 0.6) is 5.75 Å². The predicted molar refractivity (Wildman–Crippen MR) is 76.8 cm³/mol. The van der Waals surface area contributed by atoms with Crippen molar-refractivity contribution in [3.05, 3.63) is 29.8 Å². The van der Waals surface area contributed by atoms with Crippen LogP contribution in [0.4, 0.5) is 8.78 Å². The topological polar surface area (TPSA) is 21.3 Å². The lowest BCUT2D eigenvalue weighted by Gasteiger charge is -2.18. The molecule has 0 saturated carbocycles. The molecule has 1 N–H and O–H groups in total. The predicted octanol–water partition coefficient (Wildman–Crippen LogP) is 4.13. The smallest absolute Gasteiger partial charge is 0.387 e. The van der Waals surface area contributed by atoms with E-state index in [1.165, 1.54) is 0 Å². The van der Waals surface area contributed by atoms with Crippen molar-refractivity contribution in [2.45, 2.75) is 45.8 Å². The summed E-state index contributed by atoms with van der Waals surface area (Å²) in [5.74, 6) is 6.12. The average molecular weight is 281 g/mol. The van der Waals surface area contributed by atoms with Gasteiger partial charge in [0.1, 0.15) is 5.75 Å². The van der Waals surface area contributed by atoms with E-state index in [0.29, 0.717) is 0 Å². The SMILES string of the molecule is CC#CCCC(NCCC)c1ccc(OC(F)F)cc1. The molecule has 0 aliphatic heterocycles. The minimum atomic E-state index is -2.78. The maximum Gasteiger partial charge on any atom is 0.387 e. The van der Waals surface area contributed by atoms with Crippen LogP contribution in [0.1, 0.15) is 44.7 Å². The second kappa shape index (κ2) is 9.33. The summed E-state index contributed by atoms with van der Waals surface area (Å²) in [5, 5.41) is 3.45. The Morgan fingerprint density at radius 2 is 1.95 bits per heavy atom. The zero-order valence-electron chi connectivity index (χ0n) is 12.0. The molecule has 1 aromatic carbocycles. The van der Waals surface area contributed by atoms with Gasteiger partial charge in [-0.05, 0) is 44.0 Å². The number of hydrogen-bond acceptors (Lipinski definition) is 2. The number of nitrogens with one attached hydrogen (secondary N) is 1. The van der Waals surface area contributed by atoms with Gasteiger partial charge in [-0.25, -0.2) is 0 Å². The van der Waals surface area contributed by atoms with Crippen molar-refractivity contribution in [1.82, 2.24) is 5.32 Å². The summed E-state index contributed by atoms with van der Waals surface area (Å²) < 4.78 is 28.6. The van der Waals surface area contributed by atoms with Crippen LogP contribution in [0, 0.1) is 11.8 Å². The summed E-state index contributed by atoms with van der Waals surface area (Å²) >= 11 is 0. The molecule has 110 valence electrons. The van der Waals surface area contributed by atoms with Crippen LogP contribution in [0.2, 0.25) is 0 Å². The van der Waals surface area contributed by atoms with Crippen molar-refractivity contribution in [1.29, 1.82) is 0 Å². The molecule has 0 spiro atoms. The monoisotopic (exact) mass is 281 g/mol. The first-order valence-electron chi connectivity index (χ1n) is 6.85. The third-order valence-electron chi connectivity index (χ3n) is 2.88. The van der Waals surface area contributed by atoms with E-state index in [9.17, 15) is 8.78 Å². The summed E-state index contributed by atoms with van der Waals surface area (Å²) in [5.41, 5.74) is 1.07. The number of benzene rings is 1. The van der Waals surface area contributed by atoms with Crippen LogP contribution in [-0.2, 0) is 0 Å². The summed E-state index contributed by atoms with van der Waals surface area (Å²) in [7, 11) is 0. The number of alkyl halides is 2. The van der Waals surface area contributed by atoms with Gasteiger partial charge in [-0.15, -0.1) is 11.8 Å². The Bertz CT molecular complexity index is 434. The van der Waals surface area contributed by atoms with Crippen LogP contribution in [-0.4, -0.2) is 13.2 Å². The molecule has 0 radical (unpaired) electrons. The normalized spacial score (nSPS) is 11.8. The Balaban J connectivity index is 2.69. The van der Waals surface area contributed by atoms with Crippen LogP contribution >= 0.6 is 0 Å². The third-order valence-corrected chi connectivity index (χ3v) is 2.88. The summed E-state index contributed by atoms with van der Waals surface area (Å²) in [6, 6.07) is 6.99. The molecule has 0 aromatic heterocycles. The van der Waals surface area contributed by atoms with Crippen LogP contribution < -0.4 is 10.1 Å². The Morgan fingerprint density at radius 3 is 2.50 bits per heavy atom. The van der Waals surface area contributed by atoms with E-state index in [1.807, 2.05) is 19.1 Å². The molecule has 0 aliphatic carbocycles. The number of halogens is 2. The fraction of sp³-hybridized carbons (Fsp3) is 0.500. The maximum absolute atomic E-state index is 12.1. The minimum absolute atomic E-state index is 0.186. The molecule has 0 amide bonds. The van der Waals surface area contributed by atoms with E-state index in [0.717, 1.165) is 31.4 Å². The molecule has 0 aliphatic rings. The van der Waals surface area contributed by atoms with E-state index in [2.05, 4.69) is 28.8 Å². The van der Waals surface area contributed by atoms with Crippen molar-refractivity contribution in [2.75, 3.05) is 6.54 Å². The first-order valence-corrected chi connectivity index (χ1v) is 6.85. The van der Waals surface area contributed by atoms with E-state index < -0.39 is 6.61 Å². The van der Waals surface area contributed by atoms with Gasteiger partial charge in [-0.3, -0.25) is 0 Å². The van der Waals surface area contributed by atoms with Gasteiger partial charge >= 0.3 is 6.61 Å². The van der Waals surface area contributed by atoms with Crippen molar-refractivity contribution >= 4 is 0 Å². The molecule has 0 bridgehead atoms. The lowest BCUT2D eigenvalue weighted by molar-refractivity contribution is -0.0498. The summed E-state index contributed by atoms with van der Waals surface area (Å²) in [4.78, 5) is 0. The molecule has 2 nitrogen and oxygen atoms in total. The van der Waals surface area contributed by atoms with Gasteiger partial charge < -0.3 is 10.1 Å². The van der Waals surface area contributed by atoms with Crippen molar-refractivity contribution in [2.24, 2.45) is 0 Å². The van der Waals surface area contributed by atoms with Gasteiger partial charge in [0.05, 0.1) is 0 Å². The second-order valence-electron chi connectivity index (χ2n) is 4.42. The van der Waals surface area contributed by atoms with Crippen LogP contribution in [0.3, 0.4) is 0 Å². The quantitative estimate of drug-likeness (QED) is 0.723. The van der Waals surface area contributed by atoms with E-state index >= 15 is 0 Å². The Morgan fingerprint density at radius 1 is 1.25 bits per heavy atom.